The molecule has 1 heterocycles. The van der Waals surface area contributed by atoms with Crippen LogP contribution in [0.25, 0.3) is 5.69 Å². The molecule has 14 heavy (non-hydrogen) atoms. The summed E-state index contributed by atoms with van der Waals surface area (Å²) in [6, 6.07) is 9.65. The van der Waals surface area contributed by atoms with Crippen LogP contribution < -0.4 is 5.73 Å². The van der Waals surface area contributed by atoms with Crippen LogP contribution in [0.4, 0.5) is 0 Å². The SMILES string of the molecule is NC(=S)c1cn(-c2ccccc2)nn1. The lowest BCUT2D eigenvalue weighted by atomic mass is 10.3. The molecule has 0 bridgehead atoms. The number of nitrogens with zero attached hydrogens (tertiary/aromatic N) is 3. The van der Waals surface area contributed by atoms with Gasteiger partial charge in [0, 0.05) is 0 Å². The minimum absolute atomic E-state index is 0.257. The maximum atomic E-state index is 5.42. The van der Waals surface area contributed by atoms with Crippen molar-refractivity contribution in [2.75, 3.05) is 0 Å². The fourth-order valence-electron chi connectivity index (χ4n) is 1.08. The zero-order valence-corrected chi connectivity index (χ0v) is 8.11. The van der Waals surface area contributed by atoms with E-state index in [4.69, 9.17) is 18.0 Å². The number of hydrogen-bond donors (Lipinski definition) is 1. The van der Waals surface area contributed by atoms with E-state index in [9.17, 15) is 0 Å². The predicted molar refractivity (Wildman–Crippen MR) is 57.2 cm³/mol. The quantitative estimate of drug-likeness (QED) is 0.738. The topological polar surface area (TPSA) is 56.7 Å². The molecule has 0 saturated carbocycles. The monoisotopic (exact) mass is 204 g/mol. The normalized spacial score (nSPS) is 10.0. The lowest BCUT2D eigenvalue weighted by Gasteiger charge is -1.96. The Morgan fingerprint density at radius 1 is 1.29 bits per heavy atom. The van der Waals surface area contributed by atoms with E-state index in [0.717, 1.165) is 5.69 Å². The van der Waals surface area contributed by atoms with E-state index in [1.165, 1.54) is 0 Å². The maximum Gasteiger partial charge on any atom is 0.140 e. The summed E-state index contributed by atoms with van der Waals surface area (Å²) in [5, 5.41) is 7.75. The molecule has 2 aromatic rings. The summed E-state index contributed by atoms with van der Waals surface area (Å²) < 4.78 is 1.63. The van der Waals surface area contributed by atoms with Crippen LogP contribution in [0.2, 0.25) is 0 Å². The number of nitrogens with two attached hydrogens (primary N) is 1. The number of benzene rings is 1. The molecule has 2 N–H and O–H groups in total. The van der Waals surface area contributed by atoms with E-state index >= 15 is 0 Å². The molecule has 0 amide bonds. The predicted octanol–water partition coefficient (Wildman–Crippen LogP) is 0.902. The number of thiocarbonyl (C=S) groups is 1. The van der Waals surface area contributed by atoms with Crippen LogP contribution in [0.15, 0.2) is 36.5 Å². The van der Waals surface area contributed by atoms with E-state index in [1.54, 1.807) is 10.9 Å². The first-order valence-electron chi connectivity index (χ1n) is 4.05. The van der Waals surface area contributed by atoms with Gasteiger partial charge in [0.05, 0.1) is 11.9 Å². The minimum atomic E-state index is 0.257. The molecule has 0 unspecified atom stereocenters. The summed E-state index contributed by atoms with van der Waals surface area (Å²) in [6.07, 6.45) is 1.71. The van der Waals surface area contributed by atoms with Crippen molar-refractivity contribution in [3.63, 3.8) is 0 Å². The van der Waals surface area contributed by atoms with Crippen LogP contribution in [0.3, 0.4) is 0 Å². The van der Waals surface area contributed by atoms with Crippen LogP contribution in [0.1, 0.15) is 5.69 Å². The second-order valence-electron chi connectivity index (χ2n) is 2.75. The van der Waals surface area contributed by atoms with Crippen molar-refractivity contribution in [2.45, 2.75) is 0 Å². The molecule has 0 fully saturated rings. The molecule has 0 spiro atoms. The van der Waals surface area contributed by atoms with Gasteiger partial charge >= 0.3 is 0 Å². The Kier molecular flexibility index (Phi) is 2.24. The summed E-state index contributed by atoms with van der Waals surface area (Å²) in [5.41, 5.74) is 6.88. The Morgan fingerprint density at radius 3 is 2.57 bits per heavy atom. The Bertz CT molecular complexity index is 449. The average Bonchev–Trinajstić information content (AvgIpc) is 2.68. The second-order valence-corrected chi connectivity index (χ2v) is 3.19. The molecule has 0 aliphatic heterocycles. The van der Waals surface area contributed by atoms with E-state index in [-0.39, 0.29) is 4.99 Å². The number of para-hydroxylation sites is 1. The number of rotatable bonds is 2. The lowest BCUT2D eigenvalue weighted by molar-refractivity contribution is 0.803. The molecule has 4 nitrogen and oxygen atoms in total. The third-order valence-corrected chi connectivity index (χ3v) is 1.98. The largest absolute Gasteiger partial charge is 0.388 e. The van der Waals surface area contributed by atoms with Crippen molar-refractivity contribution in [1.82, 2.24) is 15.0 Å². The molecule has 70 valence electrons. The molecule has 0 aliphatic rings. The summed E-state index contributed by atoms with van der Waals surface area (Å²) in [6.45, 7) is 0. The minimum Gasteiger partial charge on any atom is -0.388 e. The molecule has 0 aliphatic carbocycles. The highest BCUT2D eigenvalue weighted by Crippen LogP contribution is 2.05. The van der Waals surface area contributed by atoms with Crippen LogP contribution in [-0.2, 0) is 0 Å². The van der Waals surface area contributed by atoms with E-state index < -0.39 is 0 Å². The van der Waals surface area contributed by atoms with Crippen molar-refractivity contribution < 1.29 is 0 Å². The zero-order valence-electron chi connectivity index (χ0n) is 7.29. The molecule has 0 radical (unpaired) electrons. The highest BCUT2D eigenvalue weighted by molar-refractivity contribution is 7.80. The van der Waals surface area contributed by atoms with Crippen molar-refractivity contribution in [3.05, 3.63) is 42.2 Å². The average molecular weight is 204 g/mol. The smallest absolute Gasteiger partial charge is 0.140 e. The first-order chi connectivity index (χ1) is 6.77. The summed E-state index contributed by atoms with van der Waals surface area (Å²) in [5.74, 6) is 0. The molecule has 5 heteroatoms. The molecule has 0 saturated heterocycles. The molecule has 1 aromatic heterocycles. The van der Waals surface area contributed by atoms with Gasteiger partial charge in [-0.2, -0.15) is 0 Å². The van der Waals surface area contributed by atoms with Crippen molar-refractivity contribution in [1.29, 1.82) is 0 Å². The molecule has 2 rings (SSSR count). The Morgan fingerprint density at radius 2 is 2.00 bits per heavy atom. The Balaban J connectivity index is 2.39. The standard InChI is InChI=1S/C9H8N4S/c10-9(14)8-6-13(12-11-8)7-4-2-1-3-5-7/h1-6H,(H2,10,14). The van der Waals surface area contributed by atoms with Crippen molar-refractivity contribution >= 4 is 17.2 Å². The van der Waals surface area contributed by atoms with Gasteiger partial charge in [0.2, 0.25) is 0 Å². The van der Waals surface area contributed by atoms with Crippen molar-refractivity contribution in [3.8, 4) is 5.69 Å². The summed E-state index contributed by atoms with van der Waals surface area (Å²) in [7, 11) is 0. The first kappa shape index (κ1) is 8.83. The van der Waals surface area contributed by atoms with Gasteiger partial charge in [-0.3, -0.25) is 0 Å². The van der Waals surface area contributed by atoms with Crippen LogP contribution in [0.5, 0.6) is 0 Å². The van der Waals surface area contributed by atoms with Gasteiger partial charge in [0.25, 0.3) is 0 Å². The third-order valence-electron chi connectivity index (χ3n) is 1.77. The van der Waals surface area contributed by atoms with Gasteiger partial charge in [-0.1, -0.05) is 35.6 Å². The van der Waals surface area contributed by atoms with Gasteiger partial charge in [0.1, 0.15) is 10.7 Å². The van der Waals surface area contributed by atoms with Gasteiger partial charge < -0.3 is 5.73 Å². The molecular formula is C9H8N4S. The Labute approximate surface area is 86.3 Å². The van der Waals surface area contributed by atoms with Gasteiger partial charge in [-0.05, 0) is 12.1 Å². The number of aromatic nitrogens is 3. The summed E-state index contributed by atoms with van der Waals surface area (Å²) >= 11 is 4.79. The first-order valence-corrected chi connectivity index (χ1v) is 4.46. The molecule has 1 aromatic carbocycles. The van der Waals surface area contributed by atoms with E-state index in [0.29, 0.717) is 5.69 Å². The highest BCUT2D eigenvalue weighted by atomic mass is 32.1. The zero-order chi connectivity index (χ0) is 9.97. The lowest BCUT2D eigenvalue weighted by Crippen LogP contribution is -2.09. The fraction of sp³-hybridized carbons (Fsp3) is 0. The van der Waals surface area contributed by atoms with Gasteiger partial charge in [0.15, 0.2) is 0 Å². The van der Waals surface area contributed by atoms with Gasteiger partial charge in [-0.25, -0.2) is 4.68 Å². The Hall–Kier alpha value is -1.75. The molecule has 0 atom stereocenters. The fourth-order valence-corrected chi connectivity index (χ4v) is 1.18. The van der Waals surface area contributed by atoms with Crippen LogP contribution in [-0.4, -0.2) is 20.0 Å². The molecular weight excluding hydrogens is 196 g/mol. The second kappa shape index (κ2) is 3.55. The summed E-state index contributed by atoms with van der Waals surface area (Å²) in [4.78, 5) is 0.257. The van der Waals surface area contributed by atoms with Crippen LogP contribution in [0, 0.1) is 0 Å². The maximum absolute atomic E-state index is 5.42. The highest BCUT2D eigenvalue weighted by Gasteiger charge is 2.03. The number of hydrogen-bond acceptors (Lipinski definition) is 3. The van der Waals surface area contributed by atoms with Crippen LogP contribution >= 0.6 is 12.2 Å². The van der Waals surface area contributed by atoms with Crippen molar-refractivity contribution in [2.24, 2.45) is 5.73 Å². The van der Waals surface area contributed by atoms with E-state index in [1.807, 2.05) is 30.3 Å². The van der Waals surface area contributed by atoms with Gasteiger partial charge in [-0.15, -0.1) is 5.10 Å². The third kappa shape index (κ3) is 1.62. The van der Waals surface area contributed by atoms with E-state index in [2.05, 4.69) is 10.3 Å².